The quantitative estimate of drug-likeness (QED) is 0.653. The van der Waals surface area contributed by atoms with Gasteiger partial charge in [-0.2, -0.15) is 11.8 Å². The summed E-state index contributed by atoms with van der Waals surface area (Å²) in [6.07, 6.45) is 2.01. The van der Waals surface area contributed by atoms with Crippen LogP contribution in [0.3, 0.4) is 0 Å². The van der Waals surface area contributed by atoms with Crippen molar-refractivity contribution in [2.24, 2.45) is 5.41 Å². The molecule has 0 N–H and O–H groups in total. The van der Waals surface area contributed by atoms with Crippen LogP contribution in [0.4, 0.5) is 0 Å². The summed E-state index contributed by atoms with van der Waals surface area (Å²) in [5.74, 6) is 1.14. The fourth-order valence-electron chi connectivity index (χ4n) is 1.73. The maximum atomic E-state index is 11.0. The maximum absolute atomic E-state index is 11.0. The van der Waals surface area contributed by atoms with Crippen molar-refractivity contribution < 1.29 is 4.79 Å². The lowest BCUT2D eigenvalue weighted by molar-refractivity contribution is -0.115. The van der Waals surface area contributed by atoms with Crippen molar-refractivity contribution in [3.8, 4) is 0 Å². The Morgan fingerprint density at radius 2 is 1.47 bits per heavy atom. The molecule has 0 bridgehead atoms. The lowest BCUT2D eigenvalue weighted by atomic mass is 9.90. The van der Waals surface area contributed by atoms with E-state index < -0.39 is 0 Å². The third-order valence-corrected chi connectivity index (χ3v) is 4.44. The summed E-state index contributed by atoms with van der Waals surface area (Å²) >= 11 is 2.01. The molecular weight excluding hydrogens is 254 g/mol. The highest BCUT2D eigenvalue weighted by atomic mass is 32.2. The molecule has 0 saturated heterocycles. The zero-order chi connectivity index (χ0) is 15.3. The second-order valence-corrected chi connectivity index (χ2v) is 9.90. The Hall–Kier alpha value is -0.0200. The molecular formula is C16H33NOS. The van der Waals surface area contributed by atoms with Crippen molar-refractivity contribution in [1.82, 2.24) is 4.90 Å². The Balaban J connectivity index is 4.38. The van der Waals surface area contributed by atoms with Crippen LogP contribution < -0.4 is 0 Å². The summed E-state index contributed by atoms with van der Waals surface area (Å²) in [5, 5.41) is 0. The van der Waals surface area contributed by atoms with Gasteiger partial charge in [0.25, 0.3) is 0 Å². The SMILES string of the molecule is CC(C)(C=O)CCN(CCSC(C)(C)C)C(C)(C)C. The molecule has 0 atom stereocenters. The summed E-state index contributed by atoms with van der Waals surface area (Å²) in [4.78, 5) is 13.5. The van der Waals surface area contributed by atoms with E-state index in [1.54, 1.807) is 0 Å². The fourth-order valence-corrected chi connectivity index (χ4v) is 2.65. The molecule has 0 heterocycles. The van der Waals surface area contributed by atoms with Gasteiger partial charge in [-0.25, -0.2) is 0 Å². The molecule has 2 nitrogen and oxygen atoms in total. The van der Waals surface area contributed by atoms with Crippen LogP contribution in [0.1, 0.15) is 61.8 Å². The van der Waals surface area contributed by atoms with Gasteiger partial charge in [0.1, 0.15) is 6.29 Å². The molecule has 0 aromatic heterocycles. The molecule has 0 amide bonds. The summed E-state index contributed by atoms with van der Waals surface area (Å²) in [6.45, 7) is 19.6. The molecule has 0 aliphatic heterocycles. The van der Waals surface area contributed by atoms with Gasteiger partial charge in [-0.05, 0) is 33.7 Å². The minimum absolute atomic E-state index is 0.164. The van der Waals surface area contributed by atoms with Crippen LogP contribution >= 0.6 is 11.8 Å². The molecule has 0 spiro atoms. The van der Waals surface area contributed by atoms with Gasteiger partial charge in [0, 0.05) is 28.0 Å². The first-order valence-electron chi connectivity index (χ1n) is 7.23. The molecule has 0 aromatic rings. The van der Waals surface area contributed by atoms with Gasteiger partial charge in [-0.1, -0.05) is 34.6 Å². The van der Waals surface area contributed by atoms with Crippen molar-refractivity contribution in [2.45, 2.75) is 72.1 Å². The monoisotopic (exact) mass is 287 g/mol. The van der Waals surface area contributed by atoms with E-state index in [4.69, 9.17) is 0 Å². The average molecular weight is 288 g/mol. The van der Waals surface area contributed by atoms with Crippen LogP contribution in [0, 0.1) is 5.41 Å². The first kappa shape index (κ1) is 19.0. The Labute approximate surface area is 124 Å². The van der Waals surface area contributed by atoms with Crippen LogP contribution in [0.25, 0.3) is 0 Å². The van der Waals surface area contributed by atoms with E-state index in [-0.39, 0.29) is 11.0 Å². The molecule has 0 rings (SSSR count). The molecule has 0 radical (unpaired) electrons. The lowest BCUT2D eigenvalue weighted by Gasteiger charge is -2.37. The van der Waals surface area contributed by atoms with E-state index in [0.717, 1.165) is 31.5 Å². The predicted molar refractivity (Wildman–Crippen MR) is 88.0 cm³/mol. The van der Waals surface area contributed by atoms with Gasteiger partial charge in [-0.15, -0.1) is 0 Å². The second-order valence-electron chi connectivity index (χ2n) is 7.98. The molecule has 0 aromatic carbocycles. The number of aldehydes is 1. The van der Waals surface area contributed by atoms with E-state index in [9.17, 15) is 4.79 Å². The Morgan fingerprint density at radius 1 is 0.947 bits per heavy atom. The van der Waals surface area contributed by atoms with Crippen molar-refractivity contribution in [2.75, 3.05) is 18.8 Å². The Morgan fingerprint density at radius 3 is 1.84 bits per heavy atom. The summed E-state index contributed by atoms with van der Waals surface area (Å²) in [5.41, 5.74) is -0.0436. The van der Waals surface area contributed by atoms with E-state index in [1.807, 2.05) is 25.6 Å². The van der Waals surface area contributed by atoms with Gasteiger partial charge in [0.15, 0.2) is 0 Å². The third-order valence-electron chi connectivity index (χ3n) is 3.19. The smallest absolute Gasteiger partial charge is 0.125 e. The van der Waals surface area contributed by atoms with Crippen molar-refractivity contribution >= 4 is 18.0 Å². The Bertz CT molecular complexity index is 273. The van der Waals surface area contributed by atoms with E-state index >= 15 is 0 Å². The fraction of sp³-hybridized carbons (Fsp3) is 0.938. The van der Waals surface area contributed by atoms with Crippen LogP contribution in [-0.4, -0.2) is 40.3 Å². The summed E-state index contributed by atoms with van der Waals surface area (Å²) in [6, 6.07) is 0. The molecule has 0 fully saturated rings. The van der Waals surface area contributed by atoms with Gasteiger partial charge < -0.3 is 4.79 Å². The van der Waals surface area contributed by atoms with Crippen LogP contribution in [0.2, 0.25) is 0 Å². The summed E-state index contributed by atoms with van der Waals surface area (Å²) < 4.78 is 0.325. The number of hydrogen-bond acceptors (Lipinski definition) is 3. The highest BCUT2D eigenvalue weighted by Crippen LogP contribution is 2.25. The highest BCUT2D eigenvalue weighted by molar-refractivity contribution is 8.00. The van der Waals surface area contributed by atoms with Gasteiger partial charge in [-0.3, -0.25) is 4.90 Å². The minimum Gasteiger partial charge on any atom is -0.303 e. The number of hydrogen-bond donors (Lipinski definition) is 0. The zero-order valence-electron chi connectivity index (χ0n) is 14.2. The zero-order valence-corrected chi connectivity index (χ0v) is 15.0. The largest absolute Gasteiger partial charge is 0.303 e. The van der Waals surface area contributed by atoms with Crippen LogP contribution in [0.5, 0.6) is 0 Å². The molecule has 0 saturated carbocycles. The summed E-state index contributed by atoms with van der Waals surface area (Å²) in [7, 11) is 0. The third kappa shape index (κ3) is 9.50. The molecule has 0 aliphatic rings. The van der Waals surface area contributed by atoms with E-state index in [1.165, 1.54) is 0 Å². The standard InChI is InChI=1S/C16H33NOS/c1-14(2,3)17(10-9-16(7,8)13-18)11-12-19-15(4,5)6/h13H,9-12H2,1-8H3. The van der Waals surface area contributed by atoms with Gasteiger partial charge >= 0.3 is 0 Å². The molecule has 0 unspecified atom stereocenters. The Kier molecular flexibility index (Phi) is 7.11. The minimum atomic E-state index is -0.208. The first-order valence-corrected chi connectivity index (χ1v) is 8.21. The second kappa shape index (κ2) is 7.12. The number of nitrogens with zero attached hydrogens (tertiary/aromatic N) is 1. The number of rotatable bonds is 7. The van der Waals surface area contributed by atoms with Gasteiger partial charge in [0.2, 0.25) is 0 Å². The van der Waals surface area contributed by atoms with E-state index in [0.29, 0.717) is 4.75 Å². The molecule has 3 heteroatoms. The first-order chi connectivity index (χ1) is 8.37. The molecule has 0 aliphatic carbocycles. The highest BCUT2D eigenvalue weighted by Gasteiger charge is 2.25. The van der Waals surface area contributed by atoms with Crippen molar-refractivity contribution in [1.29, 1.82) is 0 Å². The molecule has 19 heavy (non-hydrogen) atoms. The predicted octanol–water partition coefficient (Wildman–Crippen LogP) is 4.23. The van der Waals surface area contributed by atoms with Gasteiger partial charge in [0.05, 0.1) is 0 Å². The van der Waals surface area contributed by atoms with Crippen LogP contribution in [0.15, 0.2) is 0 Å². The topological polar surface area (TPSA) is 20.3 Å². The van der Waals surface area contributed by atoms with Crippen LogP contribution in [-0.2, 0) is 4.79 Å². The average Bonchev–Trinajstić information content (AvgIpc) is 2.19. The van der Waals surface area contributed by atoms with E-state index in [2.05, 4.69) is 46.4 Å². The maximum Gasteiger partial charge on any atom is 0.125 e. The number of thioether (sulfide) groups is 1. The van der Waals surface area contributed by atoms with Crippen molar-refractivity contribution in [3.05, 3.63) is 0 Å². The van der Waals surface area contributed by atoms with Crippen molar-refractivity contribution in [3.63, 3.8) is 0 Å². The number of carbonyl (C=O) groups is 1. The number of carbonyl (C=O) groups excluding carboxylic acids is 1. The normalized spacial score (nSPS) is 13.9. The lowest BCUT2D eigenvalue weighted by Crippen LogP contribution is -2.44. The molecule has 114 valence electrons.